The molecular weight excluding hydrogens is 1130 g/mol. The van der Waals surface area contributed by atoms with Gasteiger partial charge in [0.15, 0.2) is 12.2 Å². The number of aliphatic hydroxyl groups excluding tert-OH is 1. The van der Waals surface area contributed by atoms with E-state index in [-0.39, 0.29) is 25.7 Å². The number of ether oxygens (including phenoxy) is 4. The second-order valence-electron chi connectivity index (χ2n) is 24.3. The molecule has 0 saturated carbocycles. The van der Waals surface area contributed by atoms with Gasteiger partial charge in [0, 0.05) is 25.7 Å². The third kappa shape index (κ3) is 60.7. The molecule has 0 rings (SSSR count). The van der Waals surface area contributed by atoms with Crippen molar-refractivity contribution in [3.8, 4) is 0 Å². The molecule has 0 aliphatic heterocycles. The maximum absolute atomic E-state index is 13.0. The Kier molecular flexibility index (Phi) is 58.3. The standard InChI is InChI=1S/C66H128O17P2/c1-6-9-12-15-18-20-21-22-23-24-25-26-27-28-30-37-42-47-52-66(71)83-62(56-77-64(69)50-45-40-35-32-31-34-38-43-48-59(4)5)58-81-85(74,75)79-54-60(67)53-78-84(72,73)80-57-61(55-76-63(68)49-44-39-33-17-14-11-8-3)82-65(70)51-46-41-36-29-19-16-13-10-7-2/h59-62,67H,6-58H2,1-5H3,(H,72,73)(H,74,75)/t60-,61+,62+/m0/s1. The molecule has 0 radical (unpaired) electrons. The van der Waals surface area contributed by atoms with E-state index in [0.29, 0.717) is 25.7 Å². The van der Waals surface area contributed by atoms with Gasteiger partial charge in [0.25, 0.3) is 0 Å². The molecule has 0 bridgehead atoms. The van der Waals surface area contributed by atoms with Crippen molar-refractivity contribution in [3.05, 3.63) is 0 Å². The largest absolute Gasteiger partial charge is 0.472 e. The molecule has 19 heteroatoms. The van der Waals surface area contributed by atoms with Gasteiger partial charge in [0.05, 0.1) is 26.4 Å². The van der Waals surface area contributed by atoms with Crippen LogP contribution in [0.15, 0.2) is 0 Å². The maximum Gasteiger partial charge on any atom is 0.472 e. The zero-order valence-corrected chi connectivity index (χ0v) is 56.5. The molecule has 3 N–H and O–H groups in total. The minimum atomic E-state index is -4.95. The van der Waals surface area contributed by atoms with Crippen LogP contribution in [0.3, 0.4) is 0 Å². The molecule has 17 nitrogen and oxygen atoms in total. The molecule has 85 heavy (non-hydrogen) atoms. The number of esters is 4. The van der Waals surface area contributed by atoms with Crippen LogP contribution in [-0.4, -0.2) is 96.7 Å². The van der Waals surface area contributed by atoms with Crippen LogP contribution < -0.4 is 0 Å². The van der Waals surface area contributed by atoms with E-state index < -0.39 is 97.5 Å². The summed E-state index contributed by atoms with van der Waals surface area (Å²) in [6.07, 6.45) is 44.7. The zero-order valence-electron chi connectivity index (χ0n) is 54.7. The molecule has 2 unspecified atom stereocenters. The smallest absolute Gasteiger partial charge is 0.462 e. The van der Waals surface area contributed by atoms with Gasteiger partial charge in [-0.3, -0.25) is 37.3 Å². The van der Waals surface area contributed by atoms with E-state index in [1.54, 1.807) is 0 Å². The number of carbonyl (C=O) groups is 4. The number of phosphoric acid groups is 2. The molecular formula is C66H128O17P2. The van der Waals surface area contributed by atoms with Gasteiger partial charge in [-0.15, -0.1) is 0 Å². The quantitative estimate of drug-likeness (QED) is 0.0222. The third-order valence-corrected chi connectivity index (χ3v) is 17.2. The van der Waals surface area contributed by atoms with Crippen LogP contribution in [0.2, 0.25) is 0 Å². The van der Waals surface area contributed by atoms with Crippen molar-refractivity contribution in [2.45, 2.75) is 355 Å². The summed E-state index contributed by atoms with van der Waals surface area (Å²) in [6, 6.07) is 0. The van der Waals surface area contributed by atoms with Gasteiger partial charge in [-0.25, -0.2) is 9.13 Å². The lowest BCUT2D eigenvalue weighted by atomic mass is 10.0. The Hall–Kier alpha value is -1.94. The average Bonchev–Trinajstić information content (AvgIpc) is 3.60. The van der Waals surface area contributed by atoms with Crippen LogP contribution in [0, 0.1) is 5.92 Å². The highest BCUT2D eigenvalue weighted by molar-refractivity contribution is 7.47. The van der Waals surface area contributed by atoms with E-state index in [2.05, 4.69) is 34.6 Å². The summed E-state index contributed by atoms with van der Waals surface area (Å²) in [5.41, 5.74) is 0. The predicted molar refractivity (Wildman–Crippen MR) is 340 cm³/mol. The average molecular weight is 1260 g/mol. The number of aliphatic hydroxyl groups is 1. The lowest BCUT2D eigenvalue weighted by molar-refractivity contribution is -0.161. The zero-order chi connectivity index (χ0) is 62.8. The number of hydrogen-bond acceptors (Lipinski definition) is 15. The SMILES string of the molecule is CCCCCCCCCCCCCCCCCCCCC(=O)O[C@H](COC(=O)CCCCCCCCCCC(C)C)COP(=O)(O)OC[C@@H](O)COP(=O)(O)OC[C@@H](COC(=O)CCCCCCCCC)OC(=O)CCCCCCCCCCC. The number of phosphoric ester groups is 2. The Morgan fingerprint density at radius 3 is 0.800 bits per heavy atom. The first kappa shape index (κ1) is 83.1. The molecule has 0 fully saturated rings. The summed E-state index contributed by atoms with van der Waals surface area (Å²) >= 11 is 0. The first-order chi connectivity index (χ1) is 41.0. The minimum absolute atomic E-state index is 0.105. The molecule has 0 amide bonds. The van der Waals surface area contributed by atoms with Crippen molar-refractivity contribution in [2.75, 3.05) is 39.6 Å². The van der Waals surface area contributed by atoms with Crippen molar-refractivity contribution >= 4 is 39.5 Å². The van der Waals surface area contributed by atoms with Crippen molar-refractivity contribution in [3.63, 3.8) is 0 Å². The Bertz CT molecular complexity index is 1650. The molecule has 0 spiro atoms. The van der Waals surface area contributed by atoms with Crippen molar-refractivity contribution in [1.29, 1.82) is 0 Å². The summed E-state index contributed by atoms with van der Waals surface area (Å²) in [5.74, 6) is -1.41. The van der Waals surface area contributed by atoms with E-state index >= 15 is 0 Å². The van der Waals surface area contributed by atoms with Crippen LogP contribution in [0.25, 0.3) is 0 Å². The lowest BCUT2D eigenvalue weighted by Gasteiger charge is -2.21. The molecule has 0 aromatic heterocycles. The van der Waals surface area contributed by atoms with E-state index in [4.69, 9.17) is 37.0 Å². The Labute approximate surface area is 517 Å². The third-order valence-electron chi connectivity index (χ3n) is 15.3. The lowest BCUT2D eigenvalue weighted by Crippen LogP contribution is -2.30. The van der Waals surface area contributed by atoms with Gasteiger partial charge in [-0.05, 0) is 31.6 Å². The van der Waals surface area contributed by atoms with Gasteiger partial charge < -0.3 is 33.8 Å². The Morgan fingerprint density at radius 2 is 0.541 bits per heavy atom. The topological polar surface area (TPSA) is 237 Å². The molecule has 0 aliphatic carbocycles. The Morgan fingerprint density at radius 1 is 0.318 bits per heavy atom. The fourth-order valence-electron chi connectivity index (χ4n) is 9.94. The van der Waals surface area contributed by atoms with Gasteiger partial charge in [0.1, 0.15) is 19.3 Å². The summed E-state index contributed by atoms with van der Waals surface area (Å²) in [7, 11) is -9.88. The van der Waals surface area contributed by atoms with E-state index in [0.717, 1.165) is 109 Å². The van der Waals surface area contributed by atoms with Crippen LogP contribution in [0.5, 0.6) is 0 Å². The second kappa shape index (κ2) is 59.7. The first-order valence-corrected chi connectivity index (χ1v) is 37.6. The molecule has 0 aromatic carbocycles. The number of hydrogen-bond donors (Lipinski definition) is 3. The number of carbonyl (C=O) groups excluding carboxylic acids is 4. The highest BCUT2D eigenvalue weighted by atomic mass is 31.2. The van der Waals surface area contributed by atoms with E-state index in [9.17, 15) is 43.2 Å². The fraction of sp³-hybridized carbons (Fsp3) is 0.939. The van der Waals surface area contributed by atoms with E-state index in [1.165, 1.54) is 148 Å². The van der Waals surface area contributed by atoms with Crippen LogP contribution >= 0.6 is 15.6 Å². The molecule has 0 aromatic rings. The molecule has 504 valence electrons. The number of rotatable bonds is 66. The van der Waals surface area contributed by atoms with Crippen LogP contribution in [0.1, 0.15) is 336 Å². The van der Waals surface area contributed by atoms with Crippen molar-refractivity contribution in [1.82, 2.24) is 0 Å². The predicted octanol–water partition coefficient (Wildman–Crippen LogP) is 18.6. The highest BCUT2D eigenvalue weighted by Crippen LogP contribution is 2.45. The van der Waals surface area contributed by atoms with Gasteiger partial charge >= 0.3 is 39.5 Å². The van der Waals surface area contributed by atoms with Gasteiger partial charge in [-0.2, -0.15) is 0 Å². The normalized spacial score (nSPS) is 14.2. The second-order valence-corrected chi connectivity index (χ2v) is 27.2. The van der Waals surface area contributed by atoms with Crippen LogP contribution in [-0.2, 0) is 65.4 Å². The summed E-state index contributed by atoms with van der Waals surface area (Å²) in [5, 5.41) is 10.5. The molecule has 0 heterocycles. The summed E-state index contributed by atoms with van der Waals surface area (Å²) in [6.45, 7) is 7.12. The van der Waals surface area contributed by atoms with Crippen molar-refractivity contribution in [2.24, 2.45) is 5.92 Å². The molecule has 5 atom stereocenters. The molecule has 0 saturated heterocycles. The van der Waals surface area contributed by atoms with Crippen LogP contribution in [0.4, 0.5) is 0 Å². The fourth-order valence-corrected chi connectivity index (χ4v) is 11.5. The highest BCUT2D eigenvalue weighted by Gasteiger charge is 2.30. The maximum atomic E-state index is 13.0. The van der Waals surface area contributed by atoms with Gasteiger partial charge in [-0.1, -0.05) is 285 Å². The van der Waals surface area contributed by atoms with Gasteiger partial charge in [0.2, 0.25) is 0 Å². The number of unbranched alkanes of at least 4 members (excludes halogenated alkanes) is 38. The molecule has 0 aliphatic rings. The Balaban J connectivity index is 5.16. The van der Waals surface area contributed by atoms with Crippen molar-refractivity contribution < 1.29 is 80.2 Å². The monoisotopic (exact) mass is 1250 g/mol. The van der Waals surface area contributed by atoms with E-state index in [1.807, 2.05) is 0 Å². The summed E-state index contributed by atoms with van der Waals surface area (Å²) < 4.78 is 67.9. The minimum Gasteiger partial charge on any atom is -0.462 e. The first-order valence-electron chi connectivity index (χ1n) is 34.6. The summed E-state index contributed by atoms with van der Waals surface area (Å²) in [4.78, 5) is 72.1.